The Labute approximate surface area is 235 Å². The maximum absolute atomic E-state index is 13.5. The Bertz CT molecular complexity index is 1250. The highest BCUT2D eigenvalue weighted by Crippen LogP contribution is 2.27. The normalized spacial score (nSPS) is 17.0. The largest absolute Gasteiger partial charge is 0.493 e. The minimum absolute atomic E-state index is 0.0172. The summed E-state index contributed by atoms with van der Waals surface area (Å²) in [6, 6.07) is 22.5. The maximum Gasteiger partial charge on any atom is 0.254 e. The Morgan fingerprint density at radius 3 is 2.30 bits per heavy atom. The average Bonchev–Trinajstić information content (AvgIpc) is 2.96. The molecule has 0 saturated carbocycles. The first-order valence-electron chi connectivity index (χ1n) is 13.6. The van der Waals surface area contributed by atoms with Crippen LogP contribution in [0.2, 0.25) is 0 Å². The summed E-state index contributed by atoms with van der Waals surface area (Å²) in [5.74, 6) is 0.902. The number of rotatable bonds is 11. The molecule has 0 bridgehead atoms. The van der Waals surface area contributed by atoms with Crippen LogP contribution in [0, 0.1) is 11.7 Å². The van der Waals surface area contributed by atoms with E-state index in [2.05, 4.69) is 13.8 Å². The van der Waals surface area contributed by atoms with Gasteiger partial charge < -0.3 is 24.0 Å². The highest BCUT2D eigenvalue weighted by Gasteiger charge is 2.42. The van der Waals surface area contributed by atoms with Gasteiger partial charge in [0.25, 0.3) is 5.91 Å². The summed E-state index contributed by atoms with van der Waals surface area (Å²) in [6.07, 6.45) is 0.0172. The zero-order chi connectivity index (χ0) is 28.5. The number of carbonyl (C=O) groups excluding carboxylic acids is 2. The highest BCUT2D eigenvalue weighted by atomic mass is 19.1. The lowest BCUT2D eigenvalue weighted by Gasteiger charge is -2.42. The number of morpholine rings is 1. The van der Waals surface area contributed by atoms with Crippen LogP contribution in [0.25, 0.3) is 0 Å². The van der Waals surface area contributed by atoms with Crippen LogP contribution in [0.1, 0.15) is 36.2 Å². The van der Waals surface area contributed by atoms with E-state index in [-0.39, 0.29) is 43.8 Å². The molecule has 1 heterocycles. The highest BCUT2D eigenvalue weighted by molar-refractivity contribution is 5.94. The quantitative estimate of drug-likeness (QED) is 0.330. The van der Waals surface area contributed by atoms with Crippen molar-refractivity contribution in [3.8, 4) is 11.5 Å². The van der Waals surface area contributed by atoms with Crippen molar-refractivity contribution in [2.45, 2.75) is 32.4 Å². The van der Waals surface area contributed by atoms with Gasteiger partial charge in [0.1, 0.15) is 29.5 Å². The molecule has 1 unspecified atom stereocenters. The molecule has 0 radical (unpaired) electrons. The van der Waals surface area contributed by atoms with Crippen LogP contribution in [-0.2, 0) is 16.1 Å². The molecule has 1 fully saturated rings. The summed E-state index contributed by atoms with van der Waals surface area (Å²) in [5.41, 5.74) is 0.460. The van der Waals surface area contributed by atoms with Gasteiger partial charge in [-0.1, -0.05) is 44.2 Å². The van der Waals surface area contributed by atoms with Crippen molar-refractivity contribution in [1.82, 2.24) is 9.80 Å². The van der Waals surface area contributed by atoms with Crippen molar-refractivity contribution in [3.63, 3.8) is 0 Å². The van der Waals surface area contributed by atoms with Crippen molar-refractivity contribution in [2.24, 2.45) is 5.92 Å². The van der Waals surface area contributed by atoms with Gasteiger partial charge in [0.05, 0.1) is 26.2 Å². The first-order valence-corrected chi connectivity index (χ1v) is 13.6. The van der Waals surface area contributed by atoms with E-state index in [4.69, 9.17) is 14.2 Å². The van der Waals surface area contributed by atoms with Crippen molar-refractivity contribution < 1.29 is 28.2 Å². The number of nitrogens with zero attached hydrogens (tertiary/aromatic N) is 2. The molecule has 3 aromatic rings. The van der Waals surface area contributed by atoms with E-state index < -0.39 is 5.60 Å². The van der Waals surface area contributed by atoms with Gasteiger partial charge in [-0.3, -0.25) is 9.59 Å². The number of ether oxygens (including phenoxy) is 3. The van der Waals surface area contributed by atoms with E-state index in [1.165, 1.54) is 24.3 Å². The minimum atomic E-state index is -1.08. The lowest BCUT2D eigenvalue weighted by atomic mass is 9.96. The topological polar surface area (TPSA) is 68.3 Å². The van der Waals surface area contributed by atoms with E-state index in [9.17, 15) is 14.0 Å². The van der Waals surface area contributed by atoms with Gasteiger partial charge in [-0.25, -0.2) is 4.39 Å². The van der Waals surface area contributed by atoms with Gasteiger partial charge in [0.15, 0.2) is 0 Å². The monoisotopic (exact) mass is 548 g/mol. The van der Waals surface area contributed by atoms with Gasteiger partial charge in [0, 0.05) is 25.7 Å². The lowest BCUT2D eigenvalue weighted by Crippen LogP contribution is -2.58. The molecular weight excluding hydrogens is 511 g/mol. The van der Waals surface area contributed by atoms with Gasteiger partial charge in [-0.15, -0.1) is 0 Å². The van der Waals surface area contributed by atoms with E-state index in [1.807, 2.05) is 30.3 Å². The number of carbonyl (C=O) groups is 2. The van der Waals surface area contributed by atoms with Crippen LogP contribution in [0.5, 0.6) is 11.5 Å². The van der Waals surface area contributed by atoms with Crippen LogP contribution in [0.3, 0.4) is 0 Å². The second-order valence-corrected chi connectivity index (χ2v) is 10.6. The second kappa shape index (κ2) is 13.4. The van der Waals surface area contributed by atoms with Crippen LogP contribution >= 0.6 is 0 Å². The van der Waals surface area contributed by atoms with Crippen LogP contribution in [0.15, 0.2) is 78.9 Å². The lowest BCUT2D eigenvalue weighted by molar-refractivity contribution is -0.152. The molecule has 0 aliphatic carbocycles. The van der Waals surface area contributed by atoms with Crippen molar-refractivity contribution >= 4 is 11.8 Å². The predicted octanol–water partition coefficient (Wildman–Crippen LogP) is 5.20. The number of halogens is 1. The Kier molecular flexibility index (Phi) is 9.77. The Balaban J connectivity index is 1.49. The van der Waals surface area contributed by atoms with E-state index >= 15 is 0 Å². The fraction of sp³-hybridized carbons (Fsp3) is 0.375. The van der Waals surface area contributed by atoms with Gasteiger partial charge in [-0.05, 0) is 60.0 Å². The van der Waals surface area contributed by atoms with Gasteiger partial charge in [-0.2, -0.15) is 0 Å². The molecular formula is C32H37FN2O5. The van der Waals surface area contributed by atoms with Gasteiger partial charge >= 0.3 is 0 Å². The van der Waals surface area contributed by atoms with E-state index in [0.29, 0.717) is 42.7 Å². The van der Waals surface area contributed by atoms with Gasteiger partial charge in [0.2, 0.25) is 5.91 Å². The summed E-state index contributed by atoms with van der Waals surface area (Å²) in [5, 5.41) is 0. The van der Waals surface area contributed by atoms with Crippen molar-refractivity contribution in [2.75, 3.05) is 40.0 Å². The molecule has 0 aromatic heterocycles. The first kappa shape index (κ1) is 29.1. The molecule has 7 nitrogen and oxygen atoms in total. The predicted molar refractivity (Wildman–Crippen MR) is 151 cm³/mol. The third-order valence-electron chi connectivity index (χ3n) is 6.70. The van der Waals surface area contributed by atoms with E-state index in [0.717, 1.165) is 5.56 Å². The summed E-state index contributed by atoms with van der Waals surface area (Å²) in [6.45, 7) is 6.03. The zero-order valence-corrected chi connectivity index (χ0v) is 23.3. The van der Waals surface area contributed by atoms with E-state index in [1.54, 1.807) is 41.1 Å². The molecule has 40 heavy (non-hydrogen) atoms. The molecule has 1 saturated heterocycles. The Morgan fingerprint density at radius 2 is 1.62 bits per heavy atom. The smallest absolute Gasteiger partial charge is 0.254 e. The average molecular weight is 549 g/mol. The molecule has 0 N–H and O–H groups in total. The SMILES string of the molecule is CC(C)COc1ccc(C(=O)N2CCOC(COc3ccc(F)cc3)(CC(=O)N(C)Cc3ccccc3)C2)cc1. The molecule has 1 aliphatic heterocycles. The first-order chi connectivity index (χ1) is 19.2. The summed E-state index contributed by atoms with van der Waals surface area (Å²) in [4.78, 5) is 30.2. The maximum atomic E-state index is 13.5. The summed E-state index contributed by atoms with van der Waals surface area (Å²) < 4.78 is 31.4. The van der Waals surface area contributed by atoms with Crippen molar-refractivity contribution in [1.29, 1.82) is 0 Å². The third kappa shape index (κ3) is 8.05. The van der Waals surface area contributed by atoms with Crippen LogP contribution in [-0.4, -0.2) is 67.2 Å². The third-order valence-corrected chi connectivity index (χ3v) is 6.70. The molecule has 2 amide bonds. The number of hydrogen-bond acceptors (Lipinski definition) is 5. The Morgan fingerprint density at radius 1 is 0.975 bits per heavy atom. The second-order valence-electron chi connectivity index (χ2n) is 10.6. The molecule has 1 aliphatic rings. The van der Waals surface area contributed by atoms with Crippen LogP contribution < -0.4 is 9.47 Å². The van der Waals surface area contributed by atoms with Crippen molar-refractivity contribution in [3.05, 3.63) is 95.8 Å². The minimum Gasteiger partial charge on any atom is -0.493 e. The molecule has 4 rings (SSSR count). The number of amides is 2. The summed E-state index contributed by atoms with van der Waals surface area (Å²) in [7, 11) is 1.75. The molecule has 1 atom stereocenters. The fourth-order valence-corrected chi connectivity index (χ4v) is 4.50. The molecule has 212 valence electrons. The fourth-order valence-electron chi connectivity index (χ4n) is 4.50. The van der Waals surface area contributed by atoms with Crippen LogP contribution in [0.4, 0.5) is 4.39 Å². The molecule has 3 aromatic carbocycles. The summed E-state index contributed by atoms with van der Waals surface area (Å²) >= 11 is 0. The number of benzene rings is 3. The Hall–Kier alpha value is -3.91. The number of hydrogen-bond donors (Lipinski definition) is 0. The standard InChI is InChI=1S/C32H37FN2O5/c1-24(2)21-38-28-13-9-26(10-14-28)31(37)35-17-18-40-32(22-35,23-39-29-15-11-27(33)12-16-29)19-30(36)34(3)20-25-7-5-4-6-8-25/h4-16,24H,17-23H2,1-3H3. The zero-order valence-electron chi connectivity index (χ0n) is 23.3. The molecule has 0 spiro atoms. The molecule has 8 heteroatoms.